The van der Waals surface area contributed by atoms with Gasteiger partial charge in [-0.1, -0.05) is 35.9 Å². The second-order valence-corrected chi connectivity index (χ2v) is 6.10. The smallest absolute Gasteiger partial charge is 0.249 e. The highest BCUT2D eigenvalue weighted by molar-refractivity contribution is 5.59. The summed E-state index contributed by atoms with van der Waals surface area (Å²) in [4.78, 5) is 4.48. The quantitative estimate of drug-likeness (QED) is 0.674. The minimum absolute atomic E-state index is 0.472. The first-order chi connectivity index (χ1) is 12.7. The van der Waals surface area contributed by atoms with Crippen LogP contribution in [-0.2, 0) is 6.42 Å². The highest BCUT2D eigenvalue weighted by Crippen LogP contribution is 2.20. The standard InChI is InChI=1S/C20H23N5O/c1-14-8-9-17(15(2)12-14)23-20-24-19(13-22-25-20)21-11-10-16-6-4-5-7-18(16)26-3/h4-9,12-13H,10-11H2,1-3H3,(H2,21,23,24,25). The van der Waals surface area contributed by atoms with Crippen molar-refractivity contribution in [1.29, 1.82) is 0 Å². The van der Waals surface area contributed by atoms with E-state index in [4.69, 9.17) is 4.74 Å². The predicted octanol–water partition coefficient (Wildman–Crippen LogP) is 3.90. The molecule has 0 saturated carbocycles. The number of ether oxygens (including phenoxy) is 1. The van der Waals surface area contributed by atoms with E-state index in [2.05, 4.69) is 57.9 Å². The van der Waals surface area contributed by atoms with Gasteiger partial charge >= 0.3 is 0 Å². The Balaban J connectivity index is 1.62. The number of aromatic nitrogens is 3. The van der Waals surface area contributed by atoms with Gasteiger partial charge in [0.2, 0.25) is 5.95 Å². The normalized spacial score (nSPS) is 10.4. The van der Waals surface area contributed by atoms with Crippen molar-refractivity contribution in [2.24, 2.45) is 0 Å². The van der Waals surface area contributed by atoms with Crippen molar-refractivity contribution >= 4 is 17.5 Å². The van der Waals surface area contributed by atoms with Gasteiger partial charge in [0, 0.05) is 12.2 Å². The second kappa shape index (κ2) is 8.29. The number of rotatable bonds is 7. The van der Waals surface area contributed by atoms with Gasteiger partial charge < -0.3 is 15.4 Å². The van der Waals surface area contributed by atoms with Crippen LogP contribution in [0, 0.1) is 13.8 Å². The molecule has 0 spiro atoms. The number of para-hydroxylation sites is 1. The van der Waals surface area contributed by atoms with Crippen LogP contribution in [0.5, 0.6) is 5.75 Å². The lowest BCUT2D eigenvalue weighted by atomic mass is 10.1. The van der Waals surface area contributed by atoms with Crippen molar-refractivity contribution < 1.29 is 4.74 Å². The van der Waals surface area contributed by atoms with Crippen molar-refractivity contribution in [3.63, 3.8) is 0 Å². The summed E-state index contributed by atoms with van der Waals surface area (Å²) in [7, 11) is 1.69. The molecular weight excluding hydrogens is 326 g/mol. The summed E-state index contributed by atoms with van der Waals surface area (Å²) in [5.74, 6) is 2.05. The summed E-state index contributed by atoms with van der Waals surface area (Å²) in [5.41, 5.74) is 4.49. The molecule has 6 heteroatoms. The third kappa shape index (κ3) is 4.47. The molecule has 0 radical (unpaired) electrons. The van der Waals surface area contributed by atoms with Crippen LogP contribution in [0.1, 0.15) is 16.7 Å². The molecule has 0 aliphatic carbocycles. The maximum absolute atomic E-state index is 5.38. The van der Waals surface area contributed by atoms with Gasteiger partial charge in [-0.05, 0) is 43.5 Å². The van der Waals surface area contributed by atoms with Crippen molar-refractivity contribution in [3.8, 4) is 5.75 Å². The molecule has 134 valence electrons. The Morgan fingerprint density at radius 3 is 2.73 bits per heavy atom. The molecular formula is C20H23N5O. The van der Waals surface area contributed by atoms with Crippen LogP contribution in [0.15, 0.2) is 48.7 Å². The molecule has 0 unspecified atom stereocenters. The van der Waals surface area contributed by atoms with Crippen molar-refractivity contribution in [2.75, 3.05) is 24.3 Å². The summed E-state index contributed by atoms with van der Waals surface area (Å²) in [5, 5.41) is 14.6. The third-order valence-corrected chi connectivity index (χ3v) is 4.08. The average molecular weight is 349 g/mol. The van der Waals surface area contributed by atoms with Crippen LogP contribution in [0.25, 0.3) is 0 Å². The van der Waals surface area contributed by atoms with Gasteiger partial charge in [0.05, 0.1) is 13.3 Å². The highest BCUT2D eigenvalue weighted by Gasteiger charge is 2.05. The molecule has 0 amide bonds. The monoisotopic (exact) mass is 349 g/mol. The summed E-state index contributed by atoms with van der Waals surface area (Å²) >= 11 is 0. The number of nitrogens with zero attached hydrogens (tertiary/aromatic N) is 3. The van der Waals surface area contributed by atoms with E-state index in [-0.39, 0.29) is 0 Å². The minimum atomic E-state index is 0.472. The first kappa shape index (κ1) is 17.7. The van der Waals surface area contributed by atoms with E-state index < -0.39 is 0 Å². The zero-order valence-electron chi connectivity index (χ0n) is 15.3. The average Bonchev–Trinajstić information content (AvgIpc) is 2.65. The molecule has 0 aliphatic rings. The molecule has 3 rings (SSSR count). The first-order valence-electron chi connectivity index (χ1n) is 8.55. The topological polar surface area (TPSA) is 72.0 Å². The number of anilines is 3. The third-order valence-electron chi connectivity index (χ3n) is 4.08. The molecule has 26 heavy (non-hydrogen) atoms. The van der Waals surface area contributed by atoms with Crippen LogP contribution in [0.2, 0.25) is 0 Å². The molecule has 2 aromatic carbocycles. The lowest BCUT2D eigenvalue weighted by Gasteiger charge is -2.11. The van der Waals surface area contributed by atoms with E-state index in [0.29, 0.717) is 11.8 Å². The van der Waals surface area contributed by atoms with Crippen molar-refractivity contribution in [2.45, 2.75) is 20.3 Å². The van der Waals surface area contributed by atoms with Gasteiger partial charge in [0.25, 0.3) is 0 Å². The van der Waals surface area contributed by atoms with Gasteiger partial charge in [0.15, 0.2) is 5.82 Å². The summed E-state index contributed by atoms with van der Waals surface area (Å²) in [6, 6.07) is 14.2. The van der Waals surface area contributed by atoms with Gasteiger partial charge in [0.1, 0.15) is 5.75 Å². The Kier molecular flexibility index (Phi) is 5.63. The first-order valence-corrected chi connectivity index (χ1v) is 8.55. The fourth-order valence-corrected chi connectivity index (χ4v) is 2.75. The Morgan fingerprint density at radius 2 is 1.92 bits per heavy atom. The van der Waals surface area contributed by atoms with Crippen molar-refractivity contribution in [1.82, 2.24) is 15.2 Å². The largest absolute Gasteiger partial charge is 0.496 e. The Morgan fingerprint density at radius 1 is 1.08 bits per heavy atom. The molecule has 0 atom stereocenters. The van der Waals surface area contributed by atoms with E-state index in [1.54, 1.807) is 13.3 Å². The molecule has 0 fully saturated rings. The Bertz CT molecular complexity index is 882. The van der Waals surface area contributed by atoms with E-state index in [0.717, 1.165) is 35.5 Å². The SMILES string of the molecule is COc1ccccc1CCNc1cnnc(Nc2ccc(C)cc2C)n1. The molecule has 2 N–H and O–H groups in total. The lowest BCUT2D eigenvalue weighted by molar-refractivity contribution is 0.410. The number of hydrogen-bond donors (Lipinski definition) is 2. The lowest BCUT2D eigenvalue weighted by Crippen LogP contribution is -2.09. The highest BCUT2D eigenvalue weighted by atomic mass is 16.5. The second-order valence-electron chi connectivity index (χ2n) is 6.10. The van der Waals surface area contributed by atoms with Crippen LogP contribution in [-0.4, -0.2) is 28.8 Å². The molecule has 0 saturated heterocycles. The molecule has 3 aromatic rings. The fraction of sp³-hybridized carbons (Fsp3) is 0.250. The molecule has 0 aliphatic heterocycles. The molecule has 1 heterocycles. The molecule has 6 nitrogen and oxygen atoms in total. The van der Waals surface area contributed by atoms with E-state index in [1.807, 2.05) is 24.3 Å². The summed E-state index contributed by atoms with van der Waals surface area (Å²) in [6.45, 7) is 4.85. The zero-order chi connectivity index (χ0) is 18.4. The van der Waals surface area contributed by atoms with E-state index in [9.17, 15) is 0 Å². The van der Waals surface area contributed by atoms with E-state index >= 15 is 0 Å². The number of hydrogen-bond acceptors (Lipinski definition) is 6. The zero-order valence-corrected chi connectivity index (χ0v) is 15.3. The maximum atomic E-state index is 5.38. The summed E-state index contributed by atoms with van der Waals surface area (Å²) in [6.07, 6.45) is 2.45. The van der Waals surface area contributed by atoms with Gasteiger partial charge in [-0.2, -0.15) is 10.1 Å². The predicted molar refractivity (Wildman–Crippen MR) is 104 cm³/mol. The molecule has 0 bridgehead atoms. The van der Waals surface area contributed by atoms with Gasteiger partial charge in [-0.15, -0.1) is 5.10 Å². The molecule has 1 aromatic heterocycles. The van der Waals surface area contributed by atoms with Crippen LogP contribution in [0.4, 0.5) is 17.5 Å². The number of aryl methyl sites for hydroxylation is 2. The summed E-state index contributed by atoms with van der Waals surface area (Å²) < 4.78 is 5.38. The maximum Gasteiger partial charge on any atom is 0.249 e. The fourth-order valence-electron chi connectivity index (χ4n) is 2.75. The Labute approximate surface area is 153 Å². The van der Waals surface area contributed by atoms with Gasteiger partial charge in [-0.3, -0.25) is 0 Å². The number of benzene rings is 2. The van der Waals surface area contributed by atoms with Crippen LogP contribution < -0.4 is 15.4 Å². The van der Waals surface area contributed by atoms with Gasteiger partial charge in [-0.25, -0.2) is 0 Å². The van der Waals surface area contributed by atoms with Crippen molar-refractivity contribution in [3.05, 3.63) is 65.4 Å². The number of nitrogens with one attached hydrogen (secondary N) is 2. The van der Waals surface area contributed by atoms with E-state index in [1.165, 1.54) is 5.56 Å². The number of methoxy groups -OCH3 is 1. The minimum Gasteiger partial charge on any atom is -0.496 e. The Hall–Kier alpha value is -3.15. The van der Waals surface area contributed by atoms with Crippen LogP contribution >= 0.6 is 0 Å². The van der Waals surface area contributed by atoms with Crippen LogP contribution in [0.3, 0.4) is 0 Å².